The highest BCUT2D eigenvalue weighted by molar-refractivity contribution is 7.00. The number of rotatable bonds is 25. The number of aromatic nitrogens is 2. The Hall–Kier alpha value is -10.9. The van der Waals surface area contributed by atoms with Gasteiger partial charge in [-0.2, -0.15) is 8.75 Å². The van der Waals surface area contributed by atoms with Crippen molar-refractivity contribution in [2.45, 2.75) is 268 Å². The van der Waals surface area contributed by atoms with Crippen molar-refractivity contribution < 1.29 is 0 Å². The number of fused-ring (bicyclic) bond motifs is 7. The predicted octanol–water partition coefficient (Wildman–Crippen LogP) is 35.0. The van der Waals surface area contributed by atoms with E-state index in [-0.39, 0.29) is 27.1 Å². The molecule has 0 atom stereocenters. The molecule has 13 aromatic carbocycles. The molecule has 5 nitrogen and oxygen atoms in total. The van der Waals surface area contributed by atoms with Crippen LogP contribution >= 0.6 is 11.7 Å². The third-order valence-electron chi connectivity index (χ3n) is 26.6. The molecule has 2 aliphatic carbocycles. The molecule has 0 unspecified atom stereocenters. The summed E-state index contributed by atoms with van der Waals surface area (Å²) in [4.78, 5) is 7.19. The standard InChI is InChI=1S/C80H83N3.C31H46.C8H8N2S/c1-54-16-20-61(21-17-54)80(74-52-55(2)18-50-72(74)73-51-19-56(3)53-75(73)80)62-30-40-67(41-31-62)83(70-46-42-68(43-47-70)81(63-32-22-57(23-33-63)76(4,5)6)64-34-24-58(25-35-64)77(7,8)9)71-48-44-69(45-49-71)82(65-36-26-59(27-37-65)78(10,11)12)66-38-28-60(29-39-66)79(13,14)15;1-5-7-9-11-13-15-21-31(22-16-14-12-10-8-6-2)29-23-25(3)17-19-27(29)28-20-18-26(4)24-30(28)31;1-5-3-4-6(2)8-7(5)9-11-10-8/h16-53H,1-15H3;17-20,23-24H,5-16,21-22H2,1-4H3;3-4H,1-2H3. The smallest absolute Gasteiger partial charge is 0.107 e. The molecule has 644 valence electrons. The number of anilines is 9. The zero-order valence-corrected chi connectivity index (χ0v) is 79.9. The van der Waals surface area contributed by atoms with Gasteiger partial charge in [-0.1, -0.05) is 372 Å². The summed E-state index contributed by atoms with van der Waals surface area (Å²) in [5.41, 5.74) is 40.1. The van der Waals surface area contributed by atoms with Crippen molar-refractivity contribution in [2.24, 2.45) is 0 Å². The fourth-order valence-corrected chi connectivity index (χ4v) is 19.9. The molecule has 2 aliphatic rings. The van der Waals surface area contributed by atoms with E-state index in [0.29, 0.717) is 0 Å². The minimum absolute atomic E-state index is 0.0400. The molecule has 1 heterocycles. The fourth-order valence-electron chi connectivity index (χ4n) is 19.2. The summed E-state index contributed by atoms with van der Waals surface area (Å²) in [7, 11) is 0. The molecule has 6 heteroatoms. The van der Waals surface area contributed by atoms with E-state index in [2.05, 4.69) is 448 Å². The molecule has 125 heavy (non-hydrogen) atoms. The Morgan fingerprint density at radius 3 is 0.744 bits per heavy atom. The largest absolute Gasteiger partial charge is 0.311 e. The Morgan fingerprint density at radius 2 is 0.472 bits per heavy atom. The molecule has 0 saturated heterocycles. The fraction of sp³-hybridized carbons (Fsp3) is 0.345. The maximum Gasteiger partial charge on any atom is 0.107 e. The second-order valence-electron chi connectivity index (χ2n) is 40.4. The minimum atomic E-state index is -0.525. The third-order valence-corrected chi connectivity index (χ3v) is 27.1. The first-order chi connectivity index (χ1) is 59.8. The van der Waals surface area contributed by atoms with Crippen molar-refractivity contribution in [3.63, 3.8) is 0 Å². The topological polar surface area (TPSA) is 35.5 Å². The van der Waals surface area contributed by atoms with Gasteiger partial charge in [0.25, 0.3) is 0 Å². The lowest BCUT2D eigenvalue weighted by molar-refractivity contribution is 0.397. The van der Waals surface area contributed by atoms with Gasteiger partial charge in [-0.05, 0) is 281 Å². The van der Waals surface area contributed by atoms with Crippen molar-refractivity contribution in [1.82, 2.24) is 8.75 Å². The van der Waals surface area contributed by atoms with Crippen LogP contribution in [0.5, 0.6) is 0 Å². The highest BCUT2D eigenvalue weighted by Gasteiger charge is 2.47. The molecule has 16 rings (SSSR count). The number of unbranched alkanes of at least 4 members (excludes halogenated alkanes) is 10. The van der Waals surface area contributed by atoms with Crippen LogP contribution in [0.1, 0.15) is 281 Å². The first-order valence-electron chi connectivity index (χ1n) is 46.6. The second-order valence-corrected chi connectivity index (χ2v) is 40.9. The number of benzene rings is 13. The lowest BCUT2D eigenvalue weighted by Gasteiger charge is -2.35. The maximum absolute atomic E-state index is 4.21. The van der Waals surface area contributed by atoms with Gasteiger partial charge in [-0.3, -0.25) is 0 Å². The van der Waals surface area contributed by atoms with Gasteiger partial charge in [0.1, 0.15) is 11.0 Å². The maximum atomic E-state index is 4.21. The zero-order valence-electron chi connectivity index (χ0n) is 79.1. The Morgan fingerprint density at radius 1 is 0.248 bits per heavy atom. The third kappa shape index (κ3) is 19.7. The van der Waals surface area contributed by atoms with Gasteiger partial charge in [0.15, 0.2) is 0 Å². The van der Waals surface area contributed by atoms with Crippen LogP contribution in [0.15, 0.2) is 279 Å². The van der Waals surface area contributed by atoms with Crippen molar-refractivity contribution in [3.05, 3.63) is 374 Å². The van der Waals surface area contributed by atoms with E-state index < -0.39 is 5.41 Å². The molecule has 0 radical (unpaired) electrons. The summed E-state index contributed by atoms with van der Waals surface area (Å²) in [5, 5.41) is 0. The van der Waals surface area contributed by atoms with Gasteiger partial charge in [0.05, 0.1) is 17.1 Å². The average Bonchev–Trinajstić information content (AvgIpc) is 1.54. The van der Waals surface area contributed by atoms with E-state index in [1.54, 1.807) is 11.1 Å². The number of aryl methyl sites for hydroxylation is 7. The molecular weight excluding hydrogens is 1530 g/mol. The van der Waals surface area contributed by atoms with Crippen LogP contribution in [0.4, 0.5) is 51.2 Å². The predicted molar refractivity (Wildman–Crippen MR) is 542 cm³/mol. The lowest BCUT2D eigenvalue weighted by Crippen LogP contribution is -2.29. The molecule has 0 amide bonds. The van der Waals surface area contributed by atoms with Crippen LogP contribution in [0.25, 0.3) is 33.3 Å². The summed E-state index contributed by atoms with van der Waals surface area (Å²) in [6, 6.07) is 106. The molecule has 1 aromatic heterocycles. The van der Waals surface area contributed by atoms with Gasteiger partial charge in [0.2, 0.25) is 0 Å². The van der Waals surface area contributed by atoms with Gasteiger partial charge < -0.3 is 14.7 Å². The summed E-state index contributed by atoms with van der Waals surface area (Å²) in [6.45, 7) is 47.3. The van der Waals surface area contributed by atoms with E-state index in [4.69, 9.17) is 0 Å². The Balaban J connectivity index is 0.000000246. The normalized spacial score (nSPS) is 13.1. The quantitative estimate of drug-likeness (QED) is 0.0533. The van der Waals surface area contributed by atoms with Gasteiger partial charge >= 0.3 is 0 Å². The van der Waals surface area contributed by atoms with Crippen LogP contribution in [-0.2, 0) is 32.5 Å². The first kappa shape index (κ1) is 90.3. The summed E-state index contributed by atoms with van der Waals surface area (Å²) in [5.74, 6) is 0. The molecule has 14 aromatic rings. The number of hydrogen-bond donors (Lipinski definition) is 0. The van der Waals surface area contributed by atoms with Crippen molar-refractivity contribution in [2.75, 3.05) is 14.7 Å². The van der Waals surface area contributed by atoms with E-state index in [1.807, 2.05) is 0 Å². The lowest BCUT2D eigenvalue weighted by atomic mass is 9.67. The number of nitrogens with zero attached hydrogens (tertiary/aromatic N) is 5. The number of hydrogen-bond acceptors (Lipinski definition) is 6. The molecule has 0 bridgehead atoms. The molecule has 0 aliphatic heterocycles. The van der Waals surface area contributed by atoms with Gasteiger partial charge in [-0.25, -0.2) is 0 Å². The first-order valence-corrected chi connectivity index (χ1v) is 47.4. The van der Waals surface area contributed by atoms with Crippen LogP contribution < -0.4 is 14.7 Å². The van der Waals surface area contributed by atoms with Crippen LogP contribution in [0.2, 0.25) is 0 Å². The Bertz CT molecular complexity index is 5520. The van der Waals surface area contributed by atoms with Crippen LogP contribution in [0, 0.1) is 48.5 Å². The van der Waals surface area contributed by atoms with Crippen molar-refractivity contribution >= 4 is 73.9 Å². The van der Waals surface area contributed by atoms with Crippen LogP contribution in [0.3, 0.4) is 0 Å². The molecule has 0 saturated carbocycles. The van der Waals surface area contributed by atoms with E-state index in [1.165, 1.54) is 207 Å². The zero-order chi connectivity index (χ0) is 88.8. The summed E-state index contributed by atoms with van der Waals surface area (Å²) >= 11 is 1.28. The van der Waals surface area contributed by atoms with Gasteiger partial charge in [0, 0.05) is 56.6 Å². The highest BCUT2D eigenvalue weighted by atomic mass is 32.1. The highest BCUT2D eigenvalue weighted by Crippen LogP contribution is 2.59. The Kier molecular flexibility index (Phi) is 27.5. The second kappa shape index (κ2) is 38.1. The molecular formula is C119H137N5S. The summed E-state index contributed by atoms with van der Waals surface area (Å²) < 4.78 is 8.42. The monoisotopic (exact) mass is 1670 g/mol. The van der Waals surface area contributed by atoms with Crippen LogP contribution in [-0.4, -0.2) is 8.75 Å². The van der Waals surface area contributed by atoms with E-state index >= 15 is 0 Å². The average molecular weight is 1670 g/mol. The molecule has 0 fully saturated rings. The van der Waals surface area contributed by atoms with Crippen molar-refractivity contribution in [3.8, 4) is 22.3 Å². The minimum Gasteiger partial charge on any atom is -0.311 e. The SMILES string of the molecule is CCCCCCCCC1(CCCCCCCC)c2cc(C)ccc2-c2ccc(C)cc21.Cc1ccc(C)c2nsnc12.Cc1ccc(C2(c3ccc(N(c4ccc(N(c5ccc(C(C)(C)C)cc5)c5ccc(C(C)(C)C)cc5)cc4)c4ccc(N(c5ccc(C(C)(C)C)cc5)c5ccc(C(C)(C)C)cc5)cc4)cc3)c3cc(C)ccc3-c3ccc(C)cc32)cc1. The van der Waals surface area contributed by atoms with E-state index in [0.717, 1.165) is 62.2 Å². The van der Waals surface area contributed by atoms with Crippen molar-refractivity contribution in [1.29, 1.82) is 0 Å². The Labute approximate surface area is 755 Å². The summed E-state index contributed by atoms with van der Waals surface area (Å²) in [6.07, 6.45) is 19.2. The molecule has 0 spiro atoms. The van der Waals surface area contributed by atoms with Gasteiger partial charge in [-0.15, -0.1) is 0 Å². The molecule has 0 N–H and O–H groups in total. The van der Waals surface area contributed by atoms with E-state index in [9.17, 15) is 0 Å².